The highest BCUT2D eigenvalue weighted by molar-refractivity contribution is 6.32. The van der Waals surface area contributed by atoms with Gasteiger partial charge in [-0.3, -0.25) is 4.79 Å². The number of aromatic nitrogens is 5. The number of nitrogens with two attached hydrogens (primary N) is 1. The molecule has 15 heteroatoms. The van der Waals surface area contributed by atoms with Crippen LogP contribution in [0.15, 0.2) is 29.2 Å². The lowest BCUT2D eigenvalue weighted by Gasteiger charge is -2.10. The summed E-state index contributed by atoms with van der Waals surface area (Å²) in [6, 6.07) is 3.05. The summed E-state index contributed by atoms with van der Waals surface area (Å²) in [5, 5.41) is 14.7. The van der Waals surface area contributed by atoms with Crippen molar-refractivity contribution in [2.45, 2.75) is 32.2 Å². The van der Waals surface area contributed by atoms with Crippen LogP contribution in [0.25, 0.3) is 5.69 Å². The van der Waals surface area contributed by atoms with Crippen molar-refractivity contribution in [1.82, 2.24) is 24.1 Å². The first-order valence-electron chi connectivity index (χ1n) is 8.97. The summed E-state index contributed by atoms with van der Waals surface area (Å²) >= 11 is 11.5. The largest absolute Gasteiger partial charge is 0.480 e. The number of carboxylic acids is 1. The van der Waals surface area contributed by atoms with E-state index in [1.807, 2.05) is 0 Å². The highest BCUT2D eigenvalue weighted by atomic mass is 35.5. The van der Waals surface area contributed by atoms with Gasteiger partial charge in [-0.2, -0.15) is 23.2 Å². The van der Waals surface area contributed by atoms with Crippen LogP contribution in [-0.2, 0) is 11.2 Å². The Morgan fingerprint density at radius 2 is 1.88 bits per heavy atom. The molecule has 0 radical (unpaired) electrons. The number of hydrogen-bond acceptors (Lipinski definition) is 5. The molecule has 0 aliphatic heterocycles. The Hall–Kier alpha value is -3.32. The summed E-state index contributed by atoms with van der Waals surface area (Å²) in [6.45, 7) is -0.183. The zero-order valence-corrected chi connectivity index (χ0v) is 18.6. The normalized spacial score (nSPS) is 11.8. The van der Waals surface area contributed by atoms with E-state index in [1.165, 1.54) is 6.20 Å². The molecule has 0 saturated heterocycles. The highest BCUT2D eigenvalue weighted by Gasteiger charge is 2.22. The fourth-order valence-corrected chi connectivity index (χ4v) is 2.97. The van der Waals surface area contributed by atoms with Gasteiger partial charge in [-0.25, -0.2) is 18.5 Å². The Morgan fingerprint density at radius 3 is 2.30 bits per heavy atom. The fourth-order valence-electron chi connectivity index (χ4n) is 2.58. The molecule has 0 spiro atoms. The Labute approximate surface area is 193 Å². The molecule has 1 unspecified atom stereocenters. The maximum Gasteiger partial charge on any atom is 0.355 e. The average molecular weight is 509 g/mol. The second kappa shape index (κ2) is 10.5. The predicted octanol–water partition coefficient (Wildman–Crippen LogP) is 2.88. The van der Waals surface area contributed by atoms with E-state index in [1.54, 1.807) is 13.0 Å². The van der Waals surface area contributed by atoms with Crippen molar-refractivity contribution < 1.29 is 27.9 Å². The van der Waals surface area contributed by atoms with Crippen molar-refractivity contribution in [3.63, 3.8) is 0 Å². The van der Waals surface area contributed by atoms with Crippen LogP contribution in [-0.4, -0.2) is 46.6 Å². The first-order chi connectivity index (χ1) is 15.3. The van der Waals surface area contributed by atoms with Gasteiger partial charge in [0.1, 0.15) is 16.9 Å². The van der Waals surface area contributed by atoms with Gasteiger partial charge in [0.25, 0.3) is 0 Å². The van der Waals surface area contributed by atoms with E-state index in [-0.39, 0.29) is 27.4 Å². The minimum Gasteiger partial charge on any atom is -0.480 e. The van der Waals surface area contributed by atoms with E-state index in [4.69, 9.17) is 34.0 Å². The lowest BCUT2D eigenvalue weighted by molar-refractivity contribution is -0.136. The number of alkyl halides is 3. The minimum absolute atomic E-state index is 0.0926. The number of amides is 1. The molecule has 3 aromatic rings. The van der Waals surface area contributed by atoms with Gasteiger partial charge in [-0.1, -0.05) is 11.6 Å². The first-order valence-corrected chi connectivity index (χ1v) is 9.78. The number of rotatable bonds is 5. The van der Waals surface area contributed by atoms with Crippen LogP contribution in [0.1, 0.15) is 23.6 Å². The van der Waals surface area contributed by atoms with Crippen molar-refractivity contribution in [2.24, 2.45) is 5.73 Å². The van der Waals surface area contributed by atoms with Crippen LogP contribution < -0.4 is 11.4 Å². The standard InChI is InChI=1S/C13H10Cl2F3N3O3.C5H7N3O/c1-5-19-21(13(24)20(5)12(17)18)10-3-6(2-8(15)11(22)23)7(14)4-9(10)16;1-4-2-3-8(7-4)5(6)9/h3-4,8,12H,2H2,1H3,(H,22,23);2-3H,1H3,(H2,6,9). The number of benzene rings is 1. The number of halogens is 5. The summed E-state index contributed by atoms with van der Waals surface area (Å²) in [4.78, 5) is 33.1. The number of aryl methyl sites for hydroxylation is 2. The second-order valence-corrected chi connectivity index (χ2v) is 7.47. The molecule has 0 aliphatic rings. The van der Waals surface area contributed by atoms with Gasteiger partial charge < -0.3 is 10.8 Å². The molecule has 0 fully saturated rings. The second-order valence-electron chi connectivity index (χ2n) is 6.53. The van der Waals surface area contributed by atoms with E-state index in [0.29, 0.717) is 4.68 Å². The topological polar surface area (TPSA) is 138 Å². The number of nitrogens with zero attached hydrogens (tertiary/aromatic N) is 5. The zero-order valence-electron chi connectivity index (χ0n) is 17.0. The molecule has 2 heterocycles. The third kappa shape index (κ3) is 6.14. The van der Waals surface area contributed by atoms with Crippen molar-refractivity contribution in [3.05, 3.63) is 62.8 Å². The number of aliphatic carboxylic acids is 1. The van der Waals surface area contributed by atoms with Crippen molar-refractivity contribution in [1.29, 1.82) is 0 Å². The average Bonchev–Trinajstić information content (AvgIpc) is 3.27. The first kappa shape index (κ1) is 25.9. The minimum atomic E-state index is -3.14. The van der Waals surface area contributed by atoms with Crippen molar-refractivity contribution in [3.8, 4) is 5.69 Å². The molecule has 178 valence electrons. The Morgan fingerprint density at radius 1 is 1.24 bits per heavy atom. The van der Waals surface area contributed by atoms with Gasteiger partial charge >= 0.3 is 24.2 Å². The van der Waals surface area contributed by atoms with Gasteiger partial charge in [-0.15, -0.1) is 16.7 Å². The lowest BCUT2D eigenvalue weighted by Crippen LogP contribution is -2.25. The predicted molar refractivity (Wildman–Crippen MR) is 112 cm³/mol. The molecule has 2 aromatic heterocycles. The van der Waals surface area contributed by atoms with Crippen LogP contribution >= 0.6 is 23.2 Å². The smallest absolute Gasteiger partial charge is 0.355 e. The number of hydrogen-bond donors (Lipinski definition) is 2. The van der Waals surface area contributed by atoms with Crippen molar-refractivity contribution in [2.75, 3.05) is 0 Å². The van der Waals surface area contributed by atoms with Gasteiger partial charge in [0.15, 0.2) is 5.82 Å². The molecule has 1 aromatic carbocycles. The van der Waals surface area contributed by atoms with Crippen molar-refractivity contribution >= 4 is 35.2 Å². The Bertz CT molecular complexity index is 1240. The number of carboxylic acid groups (broad SMARTS) is 1. The fraction of sp³-hybridized carbons (Fsp3) is 0.278. The molecular weight excluding hydrogens is 492 g/mol. The van der Waals surface area contributed by atoms with Gasteiger partial charge in [0, 0.05) is 17.6 Å². The summed E-state index contributed by atoms with van der Waals surface area (Å²) in [6.07, 6.45) is 1.27. The maximum absolute atomic E-state index is 14.1. The van der Waals surface area contributed by atoms with E-state index in [9.17, 15) is 27.6 Å². The van der Waals surface area contributed by atoms with Crippen LogP contribution in [0.2, 0.25) is 5.02 Å². The maximum atomic E-state index is 14.1. The quantitative estimate of drug-likeness (QED) is 0.508. The van der Waals surface area contributed by atoms with Crippen LogP contribution in [0, 0.1) is 19.7 Å². The van der Waals surface area contributed by atoms with Gasteiger partial charge in [0.05, 0.1) is 5.69 Å². The molecular formula is C18H17Cl2F3N6O4. The SMILES string of the molecule is Cc1ccn(C(N)=O)n1.Cc1nn(-c2cc(CC(Cl)C(=O)O)c(Cl)cc2F)c(=O)n1C(F)F. The molecule has 0 bridgehead atoms. The summed E-state index contributed by atoms with van der Waals surface area (Å²) in [7, 11) is 0. The molecule has 1 amide bonds. The monoisotopic (exact) mass is 508 g/mol. The van der Waals surface area contributed by atoms with Crippen LogP contribution in [0.3, 0.4) is 0 Å². The molecule has 0 aliphatic carbocycles. The third-order valence-electron chi connectivity index (χ3n) is 4.14. The number of carbonyl (C=O) groups excluding carboxylic acids is 1. The molecule has 3 N–H and O–H groups in total. The van der Waals surface area contributed by atoms with E-state index in [0.717, 1.165) is 29.4 Å². The van der Waals surface area contributed by atoms with Crippen LogP contribution in [0.5, 0.6) is 0 Å². The molecule has 3 rings (SSSR count). The number of carbonyl (C=O) groups is 2. The van der Waals surface area contributed by atoms with Crippen LogP contribution in [0.4, 0.5) is 18.0 Å². The summed E-state index contributed by atoms with van der Waals surface area (Å²) in [5.74, 6) is -2.61. The van der Waals surface area contributed by atoms with E-state index in [2.05, 4.69) is 10.2 Å². The van der Waals surface area contributed by atoms with Gasteiger partial charge in [-0.05, 0) is 37.6 Å². The number of primary amides is 1. The molecule has 1 atom stereocenters. The molecule has 0 saturated carbocycles. The van der Waals surface area contributed by atoms with Gasteiger partial charge in [0.2, 0.25) is 0 Å². The Kier molecular flexibility index (Phi) is 8.28. The summed E-state index contributed by atoms with van der Waals surface area (Å²) in [5.41, 5.74) is 4.13. The molecule has 10 nitrogen and oxygen atoms in total. The summed E-state index contributed by atoms with van der Waals surface area (Å²) < 4.78 is 41.4. The zero-order chi connectivity index (χ0) is 25.0. The molecule has 33 heavy (non-hydrogen) atoms. The Balaban J connectivity index is 0.000000357. The third-order valence-corrected chi connectivity index (χ3v) is 4.83. The van der Waals surface area contributed by atoms with E-state index < -0.39 is 41.1 Å². The lowest BCUT2D eigenvalue weighted by atomic mass is 10.1. The highest BCUT2D eigenvalue weighted by Crippen LogP contribution is 2.25. The van der Waals surface area contributed by atoms with E-state index >= 15 is 0 Å².